The molecule has 1 aliphatic rings. The number of hydrogen-bond acceptors (Lipinski definition) is 7. The first-order chi connectivity index (χ1) is 11.9. The number of nitro benzene ring substituents is 2. The number of anilines is 1. The average molecular weight is 407 g/mol. The number of hydrogen-bond donors (Lipinski definition) is 1. The number of ether oxygens (including phenoxy) is 1. The zero-order chi connectivity index (χ0) is 18.1. The molecule has 0 amide bonds. The molecular weight excluding hydrogens is 396 g/mol. The molecule has 25 heavy (non-hydrogen) atoms. The first-order valence-electron chi connectivity index (χ1n) is 7.03. The molecule has 1 N–H and O–H groups in total. The van der Waals surface area contributed by atoms with Crippen LogP contribution in [0.4, 0.5) is 17.1 Å². The van der Waals surface area contributed by atoms with Crippen LogP contribution in [-0.2, 0) is 6.42 Å². The number of non-ortho nitro benzene ring substituents is 1. The van der Waals surface area contributed by atoms with Gasteiger partial charge in [-0.25, -0.2) is 0 Å². The number of rotatable bonds is 5. The number of nitrogens with one attached hydrogen (secondary N) is 1. The van der Waals surface area contributed by atoms with E-state index in [1.807, 2.05) is 6.07 Å². The predicted octanol–water partition coefficient (Wildman–Crippen LogP) is 3.65. The van der Waals surface area contributed by atoms with Crippen LogP contribution in [0.3, 0.4) is 0 Å². The molecule has 128 valence electrons. The van der Waals surface area contributed by atoms with Gasteiger partial charge in [0.25, 0.3) is 5.69 Å². The van der Waals surface area contributed by atoms with Gasteiger partial charge in [-0.2, -0.15) is 5.10 Å². The van der Waals surface area contributed by atoms with E-state index in [0.717, 1.165) is 21.7 Å². The van der Waals surface area contributed by atoms with Gasteiger partial charge >= 0.3 is 5.69 Å². The molecular formula is C15H11BrN4O5. The number of halogens is 1. The fourth-order valence-electron chi connectivity index (χ4n) is 2.51. The molecule has 1 aliphatic carbocycles. The zero-order valence-electron chi connectivity index (χ0n) is 12.9. The van der Waals surface area contributed by atoms with E-state index < -0.39 is 15.5 Å². The number of methoxy groups -OCH3 is 1. The molecule has 10 heteroatoms. The second-order valence-corrected chi connectivity index (χ2v) is 6.02. The van der Waals surface area contributed by atoms with Gasteiger partial charge in [0.05, 0.1) is 28.7 Å². The van der Waals surface area contributed by atoms with E-state index in [1.54, 1.807) is 13.2 Å². The lowest BCUT2D eigenvalue weighted by Crippen LogP contribution is -2.23. The van der Waals surface area contributed by atoms with Crippen molar-refractivity contribution in [3.05, 3.63) is 66.2 Å². The smallest absolute Gasteiger partial charge is 0.301 e. The highest BCUT2D eigenvalue weighted by Gasteiger charge is 2.28. The standard InChI is InChI=1S/C15H11BrN4O5/c1-25-14-5-3-10(16)9-7-12(15(9)14)18-17-11-4-2-8(19(21)22)6-13(11)20(23)24/h2-6,17H,7H2,1H3. The summed E-state index contributed by atoms with van der Waals surface area (Å²) in [4.78, 5) is 20.5. The number of hydrazone groups is 1. The van der Waals surface area contributed by atoms with Crippen molar-refractivity contribution < 1.29 is 14.6 Å². The van der Waals surface area contributed by atoms with Crippen LogP contribution >= 0.6 is 15.9 Å². The summed E-state index contributed by atoms with van der Waals surface area (Å²) >= 11 is 3.45. The Kier molecular flexibility index (Phi) is 4.36. The number of fused-ring (bicyclic) bond motifs is 1. The molecule has 2 aromatic rings. The van der Waals surface area contributed by atoms with Crippen molar-refractivity contribution in [2.24, 2.45) is 5.10 Å². The van der Waals surface area contributed by atoms with Crippen LogP contribution in [0.2, 0.25) is 0 Å². The van der Waals surface area contributed by atoms with E-state index in [2.05, 4.69) is 26.5 Å². The van der Waals surface area contributed by atoms with Gasteiger partial charge in [-0.1, -0.05) is 15.9 Å². The van der Waals surface area contributed by atoms with Gasteiger partial charge in [-0.15, -0.1) is 0 Å². The van der Waals surface area contributed by atoms with E-state index in [4.69, 9.17) is 4.74 Å². The molecule has 0 unspecified atom stereocenters. The van der Waals surface area contributed by atoms with Crippen molar-refractivity contribution in [2.75, 3.05) is 12.5 Å². The quantitative estimate of drug-likeness (QED) is 0.597. The van der Waals surface area contributed by atoms with Crippen LogP contribution in [0.15, 0.2) is 39.9 Å². The van der Waals surface area contributed by atoms with Gasteiger partial charge in [-0.3, -0.25) is 25.7 Å². The fraction of sp³-hybridized carbons (Fsp3) is 0.133. The van der Waals surface area contributed by atoms with Crippen LogP contribution < -0.4 is 10.2 Å². The summed E-state index contributed by atoms with van der Waals surface area (Å²) in [7, 11) is 1.55. The average Bonchev–Trinajstić information content (AvgIpc) is 2.56. The van der Waals surface area contributed by atoms with Crippen molar-refractivity contribution in [2.45, 2.75) is 6.42 Å². The normalized spacial score (nSPS) is 13.8. The summed E-state index contributed by atoms with van der Waals surface area (Å²) in [5.74, 6) is 0.656. The minimum Gasteiger partial charge on any atom is -0.496 e. The Balaban J connectivity index is 1.92. The van der Waals surface area contributed by atoms with Gasteiger partial charge < -0.3 is 4.74 Å². The van der Waals surface area contributed by atoms with Crippen LogP contribution in [0, 0.1) is 20.2 Å². The topological polar surface area (TPSA) is 120 Å². The van der Waals surface area contributed by atoms with E-state index in [9.17, 15) is 20.2 Å². The van der Waals surface area contributed by atoms with Gasteiger partial charge in [0.2, 0.25) is 0 Å². The number of nitro groups is 2. The summed E-state index contributed by atoms with van der Waals surface area (Å²) in [6, 6.07) is 7.02. The molecule has 0 atom stereocenters. The highest BCUT2D eigenvalue weighted by molar-refractivity contribution is 9.10. The van der Waals surface area contributed by atoms with Crippen LogP contribution in [0.25, 0.3) is 0 Å². The molecule has 0 saturated heterocycles. The molecule has 0 fully saturated rings. The van der Waals surface area contributed by atoms with Gasteiger partial charge in [0.15, 0.2) is 0 Å². The second kappa shape index (κ2) is 6.48. The van der Waals surface area contributed by atoms with Crippen molar-refractivity contribution in [1.82, 2.24) is 0 Å². The van der Waals surface area contributed by atoms with E-state index >= 15 is 0 Å². The van der Waals surface area contributed by atoms with Gasteiger partial charge in [-0.05, 0) is 23.8 Å². The highest BCUT2D eigenvalue weighted by atomic mass is 79.9. The third-order valence-corrected chi connectivity index (χ3v) is 4.51. The Morgan fingerprint density at radius 3 is 2.60 bits per heavy atom. The molecule has 0 aliphatic heterocycles. The van der Waals surface area contributed by atoms with Crippen LogP contribution in [-0.4, -0.2) is 22.7 Å². The molecule has 0 saturated carbocycles. The lowest BCUT2D eigenvalue weighted by molar-refractivity contribution is -0.393. The maximum absolute atomic E-state index is 11.1. The monoisotopic (exact) mass is 406 g/mol. The number of benzene rings is 2. The minimum atomic E-state index is -0.693. The van der Waals surface area contributed by atoms with Crippen LogP contribution in [0.5, 0.6) is 5.75 Å². The molecule has 9 nitrogen and oxygen atoms in total. The predicted molar refractivity (Wildman–Crippen MR) is 94.3 cm³/mol. The van der Waals surface area contributed by atoms with E-state index in [-0.39, 0.29) is 11.4 Å². The molecule has 0 bridgehead atoms. The molecule has 0 aromatic heterocycles. The maximum Gasteiger partial charge on any atom is 0.301 e. The van der Waals surface area contributed by atoms with Crippen LogP contribution in [0.1, 0.15) is 11.1 Å². The van der Waals surface area contributed by atoms with Gasteiger partial charge in [0, 0.05) is 22.5 Å². The van der Waals surface area contributed by atoms with Gasteiger partial charge in [0.1, 0.15) is 11.4 Å². The lowest BCUT2D eigenvalue weighted by atomic mass is 9.85. The fourth-order valence-corrected chi connectivity index (χ4v) is 2.98. The highest BCUT2D eigenvalue weighted by Crippen LogP contribution is 2.38. The van der Waals surface area contributed by atoms with Crippen molar-refractivity contribution >= 4 is 38.7 Å². The Labute approximate surface area is 149 Å². The second-order valence-electron chi connectivity index (χ2n) is 5.17. The number of nitrogens with zero attached hydrogens (tertiary/aromatic N) is 3. The van der Waals surface area contributed by atoms with Crippen molar-refractivity contribution in [1.29, 1.82) is 0 Å². The largest absolute Gasteiger partial charge is 0.496 e. The lowest BCUT2D eigenvalue weighted by Gasteiger charge is -2.25. The molecule has 0 radical (unpaired) electrons. The first kappa shape index (κ1) is 16.8. The minimum absolute atomic E-state index is 0.0745. The summed E-state index contributed by atoms with van der Waals surface area (Å²) in [6.07, 6.45) is 0.570. The summed E-state index contributed by atoms with van der Waals surface area (Å²) in [5.41, 5.74) is 4.48. The third-order valence-electron chi connectivity index (χ3n) is 3.77. The molecule has 0 heterocycles. The Bertz CT molecular complexity index is 928. The molecule has 3 rings (SSSR count). The summed E-state index contributed by atoms with van der Waals surface area (Å²) in [5, 5.41) is 26.1. The van der Waals surface area contributed by atoms with E-state index in [0.29, 0.717) is 17.9 Å². The Hall–Kier alpha value is -3.01. The van der Waals surface area contributed by atoms with Crippen molar-refractivity contribution in [3.8, 4) is 5.75 Å². The Morgan fingerprint density at radius 2 is 1.96 bits per heavy atom. The Morgan fingerprint density at radius 1 is 1.20 bits per heavy atom. The third kappa shape index (κ3) is 3.03. The zero-order valence-corrected chi connectivity index (χ0v) is 14.4. The van der Waals surface area contributed by atoms with E-state index in [1.165, 1.54) is 12.1 Å². The summed E-state index contributed by atoms with van der Waals surface area (Å²) < 4.78 is 6.24. The SMILES string of the molecule is COc1ccc(Br)c2c1C(=NNc1ccc([N+](=O)[O-])cc1[N+](=O)[O-])C2. The molecule has 2 aromatic carbocycles. The summed E-state index contributed by atoms with van der Waals surface area (Å²) in [6.45, 7) is 0. The molecule has 0 spiro atoms. The van der Waals surface area contributed by atoms with Crippen molar-refractivity contribution in [3.63, 3.8) is 0 Å². The first-order valence-corrected chi connectivity index (χ1v) is 7.82. The maximum atomic E-state index is 11.1.